The molecular weight excluding hydrogens is 204 g/mol. The lowest BCUT2D eigenvalue weighted by Crippen LogP contribution is -2.38. The number of nitrogens with zero attached hydrogens (tertiary/aromatic N) is 1. The molecule has 4 nitrogen and oxygen atoms in total. The van der Waals surface area contributed by atoms with Gasteiger partial charge in [0.15, 0.2) is 0 Å². The third-order valence-corrected chi connectivity index (χ3v) is 2.76. The standard InChI is InChI=1S/C12H28N2O2/c1-5-12(2)13-6-7-14(8-10-15-3)9-11-16-4/h12-13H,5-11H2,1-4H3. The van der Waals surface area contributed by atoms with Crippen molar-refractivity contribution in [2.45, 2.75) is 26.3 Å². The van der Waals surface area contributed by atoms with Crippen LogP contribution >= 0.6 is 0 Å². The fraction of sp³-hybridized carbons (Fsp3) is 1.00. The molecule has 1 atom stereocenters. The molecule has 0 bridgehead atoms. The van der Waals surface area contributed by atoms with Crippen LogP contribution in [-0.2, 0) is 9.47 Å². The third kappa shape index (κ3) is 9.09. The predicted molar refractivity (Wildman–Crippen MR) is 67.9 cm³/mol. The molecule has 0 aromatic rings. The zero-order valence-electron chi connectivity index (χ0n) is 11.3. The van der Waals surface area contributed by atoms with Gasteiger partial charge in [0.25, 0.3) is 0 Å². The first-order valence-corrected chi connectivity index (χ1v) is 6.18. The van der Waals surface area contributed by atoms with Crippen LogP contribution in [0.2, 0.25) is 0 Å². The minimum absolute atomic E-state index is 0.603. The summed E-state index contributed by atoms with van der Waals surface area (Å²) in [4.78, 5) is 2.36. The van der Waals surface area contributed by atoms with Gasteiger partial charge in [-0.1, -0.05) is 6.92 Å². The Balaban J connectivity index is 3.63. The Kier molecular flexibility index (Phi) is 11.2. The van der Waals surface area contributed by atoms with E-state index < -0.39 is 0 Å². The quantitative estimate of drug-likeness (QED) is 0.575. The SMILES string of the molecule is CCC(C)NCCN(CCOC)CCOC. The lowest BCUT2D eigenvalue weighted by Gasteiger charge is -2.22. The number of rotatable bonds is 11. The molecule has 98 valence electrons. The van der Waals surface area contributed by atoms with E-state index in [1.807, 2.05) is 0 Å². The highest BCUT2D eigenvalue weighted by atomic mass is 16.5. The molecule has 0 fully saturated rings. The van der Waals surface area contributed by atoms with Crippen LogP contribution in [0.15, 0.2) is 0 Å². The second-order valence-corrected chi connectivity index (χ2v) is 4.09. The summed E-state index contributed by atoms with van der Waals surface area (Å²) in [6, 6.07) is 0.603. The molecular formula is C12H28N2O2. The number of ether oxygens (including phenoxy) is 2. The van der Waals surface area contributed by atoms with E-state index in [0.29, 0.717) is 6.04 Å². The second kappa shape index (κ2) is 11.3. The Labute approximate surface area is 100 Å². The summed E-state index contributed by atoms with van der Waals surface area (Å²) >= 11 is 0. The molecule has 0 aliphatic carbocycles. The molecule has 0 aromatic heterocycles. The molecule has 0 saturated carbocycles. The molecule has 0 saturated heterocycles. The van der Waals surface area contributed by atoms with Crippen LogP contribution in [0.25, 0.3) is 0 Å². The Hall–Kier alpha value is -0.160. The number of nitrogens with one attached hydrogen (secondary N) is 1. The van der Waals surface area contributed by atoms with Crippen molar-refractivity contribution in [3.63, 3.8) is 0 Å². The van der Waals surface area contributed by atoms with Gasteiger partial charge in [-0.05, 0) is 13.3 Å². The minimum atomic E-state index is 0.603. The van der Waals surface area contributed by atoms with Crippen molar-refractivity contribution in [2.24, 2.45) is 0 Å². The normalized spacial score (nSPS) is 13.3. The lowest BCUT2D eigenvalue weighted by atomic mass is 10.2. The largest absolute Gasteiger partial charge is 0.383 e. The van der Waals surface area contributed by atoms with Crippen LogP contribution in [0.5, 0.6) is 0 Å². The molecule has 0 aliphatic rings. The van der Waals surface area contributed by atoms with E-state index in [1.165, 1.54) is 6.42 Å². The average molecular weight is 232 g/mol. The number of hydrogen-bond acceptors (Lipinski definition) is 4. The average Bonchev–Trinajstić information content (AvgIpc) is 2.31. The molecule has 0 radical (unpaired) electrons. The van der Waals surface area contributed by atoms with E-state index >= 15 is 0 Å². The first kappa shape index (κ1) is 15.8. The van der Waals surface area contributed by atoms with Gasteiger partial charge in [0.2, 0.25) is 0 Å². The van der Waals surface area contributed by atoms with Crippen molar-refractivity contribution >= 4 is 0 Å². The van der Waals surface area contributed by atoms with E-state index in [2.05, 4.69) is 24.1 Å². The first-order chi connectivity index (χ1) is 7.74. The van der Waals surface area contributed by atoms with Gasteiger partial charge in [-0.2, -0.15) is 0 Å². The molecule has 0 heterocycles. The number of methoxy groups -OCH3 is 2. The molecule has 0 aromatic carbocycles. The van der Waals surface area contributed by atoms with Gasteiger partial charge >= 0.3 is 0 Å². The number of hydrogen-bond donors (Lipinski definition) is 1. The van der Waals surface area contributed by atoms with Gasteiger partial charge in [0.1, 0.15) is 0 Å². The molecule has 1 unspecified atom stereocenters. The highest BCUT2D eigenvalue weighted by Gasteiger charge is 2.04. The zero-order valence-corrected chi connectivity index (χ0v) is 11.3. The summed E-state index contributed by atoms with van der Waals surface area (Å²) in [5.41, 5.74) is 0. The molecule has 4 heteroatoms. The monoisotopic (exact) mass is 232 g/mol. The van der Waals surface area contributed by atoms with Crippen LogP contribution in [0.4, 0.5) is 0 Å². The summed E-state index contributed by atoms with van der Waals surface area (Å²) in [6.45, 7) is 10.0. The Morgan fingerprint density at radius 3 is 2.06 bits per heavy atom. The molecule has 0 rings (SSSR count). The molecule has 16 heavy (non-hydrogen) atoms. The fourth-order valence-corrected chi connectivity index (χ4v) is 1.39. The first-order valence-electron chi connectivity index (χ1n) is 6.18. The van der Waals surface area contributed by atoms with Crippen LogP contribution in [-0.4, -0.2) is 64.6 Å². The van der Waals surface area contributed by atoms with Gasteiger partial charge in [-0.15, -0.1) is 0 Å². The van der Waals surface area contributed by atoms with E-state index in [9.17, 15) is 0 Å². The summed E-state index contributed by atoms with van der Waals surface area (Å²) in [6.07, 6.45) is 1.18. The van der Waals surface area contributed by atoms with E-state index in [0.717, 1.165) is 39.4 Å². The second-order valence-electron chi connectivity index (χ2n) is 4.09. The van der Waals surface area contributed by atoms with Crippen LogP contribution in [0.1, 0.15) is 20.3 Å². The van der Waals surface area contributed by atoms with Crippen LogP contribution in [0.3, 0.4) is 0 Å². The van der Waals surface area contributed by atoms with E-state index in [-0.39, 0.29) is 0 Å². The maximum Gasteiger partial charge on any atom is 0.0589 e. The van der Waals surface area contributed by atoms with Crippen molar-refractivity contribution in [1.29, 1.82) is 0 Å². The highest BCUT2D eigenvalue weighted by Crippen LogP contribution is 1.91. The molecule has 0 amide bonds. The van der Waals surface area contributed by atoms with Crippen molar-refractivity contribution < 1.29 is 9.47 Å². The summed E-state index contributed by atoms with van der Waals surface area (Å²) in [5, 5.41) is 3.49. The topological polar surface area (TPSA) is 33.7 Å². The van der Waals surface area contributed by atoms with E-state index in [4.69, 9.17) is 9.47 Å². The van der Waals surface area contributed by atoms with E-state index in [1.54, 1.807) is 14.2 Å². The Morgan fingerprint density at radius 2 is 1.62 bits per heavy atom. The summed E-state index contributed by atoms with van der Waals surface area (Å²) < 4.78 is 10.2. The van der Waals surface area contributed by atoms with Crippen molar-refractivity contribution in [3.8, 4) is 0 Å². The Bertz CT molecular complexity index is 137. The lowest BCUT2D eigenvalue weighted by molar-refractivity contribution is 0.114. The summed E-state index contributed by atoms with van der Waals surface area (Å²) in [7, 11) is 3.48. The van der Waals surface area contributed by atoms with Crippen LogP contribution in [0, 0.1) is 0 Å². The van der Waals surface area contributed by atoms with Crippen LogP contribution < -0.4 is 5.32 Å². The van der Waals surface area contributed by atoms with Crippen molar-refractivity contribution in [1.82, 2.24) is 10.2 Å². The van der Waals surface area contributed by atoms with Gasteiger partial charge in [0, 0.05) is 46.4 Å². The maximum absolute atomic E-state index is 5.10. The van der Waals surface area contributed by atoms with Gasteiger partial charge < -0.3 is 14.8 Å². The van der Waals surface area contributed by atoms with Gasteiger partial charge in [-0.3, -0.25) is 4.90 Å². The van der Waals surface area contributed by atoms with Gasteiger partial charge in [0.05, 0.1) is 13.2 Å². The van der Waals surface area contributed by atoms with Gasteiger partial charge in [-0.25, -0.2) is 0 Å². The van der Waals surface area contributed by atoms with Crippen molar-refractivity contribution in [2.75, 3.05) is 53.6 Å². The maximum atomic E-state index is 5.10. The third-order valence-electron chi connectivity index (χ3n) is 2.76. The van der Waals surface area contributed by atoms with Crippen molar-refractivity contribution in [3.05, 3.63) is 0 Å². The predicted octanol–water partition coefficient (Wildman–Crippen LogP) is 0.969. The summed E-state index contributed by atoms with van der Waals surface area (Å²) in [5.74, 6) is 0. The smallest absolute Gasteiger partial charge is 0.0589 e. The molecule has 1 N–H and O–H groups in total. The molecule has 0 aliphatic heterocycles. The fourth-order valence-electron chi connectivity index (χ4n) is 1.39. The minimum Gasteiger partial charge on any atom is -0.383 e. The highest BCUT2D eigenvalue weighted by molar-refractivity contribution is 4.63. The molecule has 0 spiro atoms. The zero-order chi connectivity index (χ0) is 12.2. The Morgan fingerprint density at radius 1 is 1.06 bits per heavy atom.